The van der Waals surface area contributed by atoms with E-state index in [2.05, 4.69) is 13.8 Å². The molecule has 84 heavy (non-hydrogen) atoms. The van der Waals surface area contributed by atoms with E-state index in [1.165, 1.54) is 0 Å². The standard InChI is InChI=1S/C62H90O20P2/c1-7-13-15-17-28-40-51(63)71-45-50(76-56(68)41-29-18-16-14-8-2)46-75-84(70,74-44-49-38-26-21-27-39-49)82-62-59(79-54(66)32-11-5)57(77-52(64)30-9-3)58(78-53(65)31-10-4)61(60(62)80-55(67)33-12-6)81-83(69,72-42-47-34-22-19-23-35-47)73-43-48-36-24-20-25-37-48/h19-27,34-39,50,57-62H,7-18,28-33,40-46H2,1-6H3/t50-,57+,58+,59-,60-,61-,62+,84?/m1/s1. The zero-order valence-electron chi connectivity index (χ0n) is 49.9. The molecule has 1 unspecified atom stereocenters. The van der Waals surface area contributed by atoms with Crippen molar-refractivity contribution < 1.29 is 93.5 Å². The molecule has 0 heterocycles. The summed E-state index contributed by atoms with van der Waals surface area (Å²) in [4.78, 5) is 82.7. The second kappa shape index (κ2) is 40.1. The molecule has 0 saturated heterocycles. The van der Waals surface area contributed by atoms with Crippen LogP contribution in [0.3, 0.4) is 0 Å². The van der Waals surface area contributed by atoms with E-state index in [1.54, 1.807) is 119 Å². The molecule has 0 radical (unpaired) electrons. The molecule has 1 aliphatic rings. The molecule has 1 saturated carbocycles. The minimum Gasteiger partial charge on any atom is -0.462 e. The molecule has 0 bridgehead atoms. The van der Waals surface area contributed by atoms with Gasteiger partial charge in [-0.15, -0.1) is 0 Å². The zero-order valence-corrected chi connectivity index (χ0v) is 51.7. The summed E-state index contributed by atoms with van der Waals surface area (Å²) >= 11 is 0. The van der Waals surface area contributed by atoms with Crippen LogP contribution in [0.5, 0.6) is 0 Å². The summed E-state index contributed by atoms with van der Waals surface area (Å²) in [6, 6.07) is 25.7. The predicted octanol–water partition coefficient (Wildman–Crippen LogP) is 13.7. The fraction of sp³-hybridized carbons (Fsp3) is 0.613. The molecule has 1 fully saturated rings. The Hall–Kier alpha value is -5.30. The number of unbranched alkanes of at least 4 members (excludes halogenated alkanes) is 8. The van der Waals surface area contributed by atoms with Gasteiger partial charge in [-0.2, -0.15) is 0 Å². The topological polar surface area (TPSA) is 247 Å². The first-order valence-electron chi connectivity index (χ1n) is 30.0. The Morgan fingerprint density at radius 1 is 0.357 bits per heavy atom. The summed E-state index contributed by atoms with van der Waals surface area (Å²) in [6.45, 7) is 8.44. The minimum absolute atomic E-state index is 0.0133. The highest BCUT2D eigenvalue weighted by Gasteiger charge is 2.63. The van der Waals surface area contributed by atoms with Crippen molar-refractivity contribution in [2.24, 2.45) is 0 Å². The SMILES string of the molecule is CCCCCCCC(=O)OC[C@H](COP(=O)(OCc1ccccc1)O[C@@H]1[C@H](OC(=O)CCC)[C@H](OP(=O)(OCc2ccccc2)OCc2ccccc2)[C@@H](OC(=O)CCC)[C@H](OC(=O)CCC)[C@H]1OC(=O)CCC)OC(=O)CCCCCCC. The summed E-state index contributed by atoms with van der Waals surface area (Å²) in [6.07, 6.45) is -4.97. The lowest BCUT2D eigenvalue weighted by Crippen LogP contribution is -2.68. The van der Waals surface area contributed by atoms with Gasteiger partial charge in [-0.25, -0.2) is 9.13 Å². The molecular weight excluding hydrogens is 1130 g/mol. The number of esters is 6. The van der Waals surface area contributed by atoms with E-state index in [0.717, 1.165) is 51.4 Å². The number of carbonyl (C=O) groups is 6. The van der Waals surface area contributed by atoms with Gasteiger partial charge in [-0.1, -0.05) is 184 Å². The summed E-state index contributed by atoms with van der Waals surface area (Å²) in [5, 5.41) is 0. The second-order valence-electron chi connectivity index (χ2n) is 20.5. The van der Waals surface area contributed by atoms with Crippen LogP contribution < -0.4 is 0 Å². The van der Waals surface area contributed by atoms with Gasteiger partial charge in [-0.3, -0.25) is 55.9 Å². The Labute approximate surface area is 496 Å². The Kier molecular flexibility index (Phi) is 34.0. The molecule has 3 aromatic rings. The third kappa shape index (κ3) is 27.0. The third-order valence-corrected chi connectivity index (χ3v) is 15.9. The quantitative estimate of drug-likeness (QED) is 0.0221. The number of phosphoric ester groups is 2. The molecule has 8 atom stereocenters. The first-order chi connectivity index (χ1) is 40.6. The Morgan fingerprint density at radius 3 is 1.04 bits per heavy atom. The summed E-state index contributed by atoms with van der Waals surface area (Å²) < 4.78 is 105. The van der Waals surface area contributed by atoms with Gasteiger partial charge in [0.25, 0.3) is 0 Å². The highest BCUT2D eigenvalue weighted by molar-refractivity contribution is 7.48. The first kappa shape index (κ1) is 71.2. The molecule has 0 amide bonds. The van der Waals surface area contributed by atoms with Gasteiger partial charge < -0.3 is 28.4 Å². The maximum atomic E-state index is 15.9. The Balaban J connectivity index is 1.97. The van der Waals surface area contributed by atoms with Crippen LogP contribution in [-0.4, -0.2) is 91.8 Å². The molecule has 0 spiro atoms. The molecule has 20 nitrogen and oxygen atoms in total. The average Bonchev–Trinajstić information content (AvgIpc) is 1.05. The number of rotatable bonds is 43. The number of benzene rings is 3. The van der Waals surface area contributed by atoms with E-state index >= 15 is 9.13 Å². The number of hydrogen-bond donors (Lipinski definition) is 0. The van der Waals surface area contributed by atoms with Crippen molar-refractivity contribution in [3.05, 3.63) is 108 Å². The molecule has 3 aromatic carbocycles. The zero-order chi connectivity index (χ0) is 61.0. The third-order valence-electron chi connectivity index (χ3n) is 13.1. The van der Waals surface area contributed by atoms with Gasteiger partial charge in [0.15, 0.2) is 30.5 Å². The number of hydrogen-bond acceptors (Lipinski definition) is 20. The maximum absolute atomic E-state index is 15.9. The summed E-state index contributed by atoms with van der Waals surface area (Å²) in [5.41, 5.74) is 1.52. The number of phosphoric acid groups is 2. The van der Waals surface area contributed by atoms with Crippen LogP contribution in [0.1, 0.15) is 187 Å². The first-order valence-corrected chi connectivity index (χ1v) is 32.9. The maximum Gasteiger partial charge on any atom is 0.475 e. The average molecular weight is 1220 g/mol. The van der Waals surface area contributed by atoms with Gasteiger partial charge >= 0.3 is 51.5 Å². The largest absolute Gasteiger partial charge is 0.475 e. The lowest BCUT2D eigenvalue weighted by atomic mass is 9.84. The molecule has 0 aromatic heterocycles. The van der Waals surface area contributed by atoms with Crippen molar-refractivity contribution in [1.29, 1.82) is 0 Å². The van der Waals surface area contributed by atoms with Crippen LogP contribution in [0, 0.1) is 0 Å². The molecule has 0 aliphatic heterocycles. The van der Waals surface area contributed by atoms with Gasteiger partial charge in [0.05, 0.1) is 26.4 Å². The van der Waals surface area contributed by atoms with Crippen LogP contribution >= 0.6 is 15.6 Å². The van der Waals surface area contributed by atoms with Crippen LogP contribution in [0.25, 0.3) is 0 Å². The van der Waals surface area contributed by atoms with Crippen LogP contribution in [-0.2, 0) is 113 Å². The summed E-state index contributed by atoms with van der Waals surface area (Å²) in [7, 11) is -10.4. The highest BCUT2D eigenvalue weighted by Crippen LogP contribution is 2.57. The summed E-state index contributed by atoms with van der Waals surface area (Å²) in [5.74, 6) is -4.81. The fourth-order valence-corrected chi connectivity index (χ4v) is 11.5. The van der Waals surface area contributed by atoms with Crippen LogP contribution in [0.15, 0.2) is 91.0 Å². The van der Waals surface area contributed by atoms with E-state index in [4.69, 9.17) is 55.6 Å². The van der Waals surface area contributed by atoms with E-state index < -0.39 is 114 Å². The smallest absolute Gasteiger partial charge is 0.462 e. The minimum atomic E-state index is -5.32. The molecule has 0 N–H and O–H groups in total. The monoisotopic (exact) mass is 1220 g/mol. The van der Waals surface area contributed by atoms with Crippen molar-refractivity contribution in [2.45, 2.75) is 233 Å². The van der Waals surface area contributed by atoms with Crippen molar-refractivity contribution in [3.63, 3.8) is 0 Å². The van der Waals surface area contributed by atoms with Crippen molar-refractivity contribution in [2.75, 3.05) is 13.2 Å². The molecular formula is C62H90O20P2. The van der Waals surface area contributed by atoms with Crippen LogP contribution in [0.4, 0.5) is 0 Å². The van der Waals surface area contributed by atoms with Gasteiger partial charge in [0, 0.05) is 38.5 Å². The van der Waals surface area contributed by atoms with Gasteiger partial charge in [0.1, 0.15) is 18.8 Å². The van der Waals surface area contributed by atoms with Gasteiger partial charge in [0.2, 0.25) is 0 Å². The second-order valence-corrected chi connectivity index (χ2v) is 23.8. The lowest BCUT2D eigenvalue weighted by Gasteiger charge is -2.48. The van der Waals surface area contributed by atoms with Gasteiger partial charge in [-0.05, 0) is 55.2 Å². The van der Waals surface area contributed by atoms with Crippen LogP contribution in [0.2, 0.25) is 0 Å². The van der Waals surface area contributed by atoms with E-state index in [9.17, 15) is 28.8 Å². The Morgan fingerprint density at radius 2 is 0.679 bits per heavy atom. The fourth-order valence-electron chi connectivity index (χ4n) is 8.77. The normalized spacial score (nSPS) is 18.8. The molecule has 468 valence electrons. The van der Waals surface area contributed by atoms with E-state index in [-0.39, 0.29) is 77.4 Å². The van der Waals surface area contributed by atoms with E-state index in [0.29, 0.717) is 29.5 Å². The lowest BCUT2D eigenvalue weighted by molar-refractivity contribution is -0.249. The van der Waals surface area contributed by atoms with Crippen molar-refractivity contribution in [1.82, 2.24) is 0 Å². The van der Waals surface area contributed by atoms with Crippen molar-refractivity contribution >= 4 is 51.5 Å². The predicted molar refractivity (Wildman–Crippen MR) is 311 cm³/mol. The van der Waals surface area contributed by atoms with E-state index in [1.807, 2.05) is 0 Å². The molecule has 4 rings (SSSR count). The number of ether oxygens (including phenoxy) is 6. The molecule has 22 heteroatoms. The molecule has 1 aliphatic carbocycles. The number of carbonyl (C=O) groups excluding carboxylic acids is 6. The Bertz CT molecular complexity index is 2430. The highest BCUT2D eigenvalue weighted by atomic mass is 31.2. The van der Waals surface area contributed by atoms with Crippen molar-refractivity contribution in [3.8, 4) is 0 Å².